The highest BCUT2D eigenvalue weighted by molar-refractivity contribution is 7.71. The van der Waals surface area contributed by atoms with Crippen LogP contribution < -0.4 is 0 Å². The summed E-state index contributed by atoms with van der Waals surface area (Å²) >= 11 is 5.32. The molecule has 0 spiro atoms. The molecule has 3 nitrogen and oxygen atoms in total. The minimum Gasteiger partial charge on any atom is -0.329 e. The van der Waals surface area contributed by atoms with Crippen LogP contribution in [0.3, 0.4) is 0 Å². The molecule has 1 aromatic carbocycles. The summed E-state index contributed by atoms with van der Waals surface area (Å²) in [6.45, 7) is 2.51. The molecule has 2 aromatic heterocycles. The Balaban J connectivity index is 2.13. The number of fused-ring (bicyclic) bond motifs is 1. The molecule has 19 heavy (non-hydrogen) atoms. The number of aromatic nitrogens is 3. The molecule has 0 aliphatic carbocycles. The van der Waals surface area contributed by atoms with Crippen LogP contribution in [0.1, 0.15) is 11.1 Å². The van der Waals surface area contributed by atoms with E-state index < -0.39 is 0 Å². The Hall–Kier alpha value is -2.01. The standard InChI is InChI=1S/C14H12FN3S/c1-9-5-6-16-13-12(9)17-14(19)18(13)8-10-3-2-4-11(15)7-10/h2-7H,8H2,1H3,(H,17,19). The molecule has 3 rings (SSSR count). The molecule has 0 aliphatic heterocycles. The van der Waals surface area contributed by atoms with Crippen LogP contribution in [-0.4, -0.2) is 14.5 Å². The van der Waals surface area contributed by atoms with Gasteiger partial charge in [-0.3, -0.25) is 4.57 Å². The number of benzene rings is 1. The summed E-state index contributed by atoms with van der Waals surface area (Å²) in [5.74, 6) is -0.243. The molecule has 0 aliphatic rings. The summed E-state index contributed by atoms with van der Waals surface area (Å²) in [6, 6.07) is 8.44. The fraction of sp³-hybridized carbons (Fsp3) is 0.143. The number of hydrogen-bond acceptors (Lipinski definition) is 2. The van der Waals surface area contributed by atoms with Crippen LogP contribution >= 0.6 is 12.2 Å². The average molecular weight is 273 g/mol. The molecule has 96 valence electrons. The van der Waals surface area contributed by atoms with E-state index in [1.54, 1.807) is 12.3 Å². The van der Waals surface area contributed by atoms with Gasteiger partial charge in [0.15, 0.2) is 10.4 Å². The Bertz CT molecular complexity index is 804. The largest absolute Gasteiger partial charge is 0.329 e. The highest BCUT2D eigenvalue weighted by Gasteiger charge is 2.08. The molecule has 0 fully saturated rings. The number of H-pyrrole nitrogens is 1. The maximum absolute atomic E-state index is 13.2. The molecule has 0 unspecified atom stereocenters. The van der Waals surface area contributed by atoms with Gasteiger partial charge in [-0.1, -0.05) is 12.1 Å². The van der Waals surface area contributed by atoms with Gasteiger partial charge in [0.1, 0.15) is 5.82 Å². The van der Waals surface area contributed by atoms with Gasteiger partial charge < -0.3 is 4.98 Å². The monoisotopic (exact) mass is 273 g/mol. The predicted octanol–water partition coefficient (Wildman–Crippen LogP) is 3.59. The van der Waals surface area contributed by atoms with E-state index in [4.69, 9.17) is 12.2 Å². The second-order valence-corrected chi connectivity index (χ2v) is 4.86. The van der Waals surface area contributed by atoms with E-state index in [0.717, 1.165) is 22.3 Å². The lowest BCUT2D eigenvalue weighted by molar-refractivity contribution is 0.623. The van der Waals surface area contributed by atoms with Gasteiger partial charge in [0, 0.05) is 6.20 Å². The first-order valence-corrected chi connectivity index (χ1v) is 6.34. The first-order chi connectivity index (χ1) is 9.15. The summed E-state index contributed by atoms with van der Waals surface area (Å²) in [7, 11) is 0. The van der Waals surface area contributed by atoms with Crippen LogP contribution in [0.5, 0.6) is 0 Å². The van der Waals surface area contributed by atoms with Gasteiger partial charge in [-0.05, 0) is 48.5 Å². The number of hydrogen-bond donors (Lipinski definition) is 1. The number of rotatable bonds is 2. The normalized spacial score (nSPS) is 11.1. The summed E-state index contributed by atoms with van der Waals surface area (Å²) in [6.07, 6.45) is 1.75. The number of imidazole rings is 1. The molecular weight excluding hydrogens is 261 g/mol. The highest BCUT2D eigenvalue weighted by Crippen LogP contribution is 2.17. The van der Waals surface area contributed by atoms with E-state index in [1.165, 1.54) is 12.1 Å². The van der Waals surface area contributed by atoms with E-state index in [0.29, 0.717) is 11.3 Å². The molecule has 0 atom stereocenters. The van der Waals surface area contributed by atoms with E-state index in [9.17, 15) is 4.39 Å². The fourth-order valence-electron chi connectivity index (χ4n) is 2.14. The van der Waals surface area contributed by atoms with Crippen molar-refractivity contribution in [2.75, 3.05) is 0 Å². The van der Waals surface area contributed by atoms with Crippen molar-refractivity contribution in [1.82, 2.24) is 14.5 Å². The second kappa shape index (κ2) is 4.59. The lowest BCUT2D eigenvalue weighted by Crippen LogP contribution is -2.01. The maximum Gasteiger partial charge on any atom is 0.179 e. The first kappa shape index (κ1) is 12.0. The summed E-state index contributed by atoms with van der Waals surface area (Å²) in [5, 5.41) is 0. The minimum absolute atomic E-state index is 0.243. The van der Waals surface area contributed by atoms with Crippen molar-refractivity contribution < 1.29 is 4.39 Å². The lowest BCUT2D eigenvalue weighted by atomic mass is 10.2. The van der Waals surface area contributed by atoms with Crippen molar-refractivity contribution in [3.05, 3.63) is 58.2 Å². The van der Waals surface area contributed by atoms with Gasteiger partial charge in [0.05, 0.1) is 12.1 Å². The fourth-order valence-corrected chi connectivity index (χ4v) is 2.39. The average Bonchev–Trinajstić information content (AvgIpc) is 2.69. The van der Waals surface area contributed by atoms with Crippen molar-refractivity contribution in [3.63, 3.8) is 0 Å². The van der Waals surface area contributed by atoms with E-state index >= 15 is 0 Å². The third-order valence-corrected chi connectivity index (χ3v) is 3.42. The zero-order chi connectivity index (χ0) is 13.4. The number of aromatic amines is 1. The van der Waals surface area contributed by atoms with Crippen molar-refractivity contribution >= 4 is 23.4 Å². The van der Waals surface area contributed by atoms with Crippen molar-refractivity contribution in [3.8, 4) is 0 Å². The van der Waals surface area contributed by atoms with Gasteiger partial charge in [0.2, 0.25) is 0 Å². The Morgan fingerprint density at radius 3 is 3.00 bits per heavy atom. The van der Waals surface area contributed by atoms with Crippen LogP contribution in [0, 0.1) is 17.5 Å². The molecule has 5 heteroatoms. The Morgan fingerprint density at radius 2 is 2.21 bits per heavy atom. The zero-order valence-electron chi connectivity index (χ0n) is 10.4. The molecule has 0 bridgehead atoms. The predicted molar refractivity (Wildman–Crippen MR) is 75.2 cm³/mol. The van der Waals surface area contributed by atoms with Crippen molar-refractivity contribution in [2.45, 2.75) is 13.5 Å². The molecule has 0 amide bonds. The van der Waals surface area contributed by atoms with E-state index in [-0.39, 0.29) is 5.82 Å². The smallest absolute Gasteiger partial charge is 0.179 e. The van der Waals surface area contributed by atoms with Crippen molar-refractivity contribution in [1.29, 1.82) is 0 Å². The molecule has 3 aromatic rings. The Morgan fingerprint density at radius 1 is 1.37 bits per heavy atom. The maximum atomic E-state index is 13.2. The summed E-state index contributed by atoms with van der Waals surface area (Å²) < 4.78 is 15.7. The van der Waals surface area contributed by atoms with Crippen LogP contribution in [0.15, 0.2) is 36.5 Å². The lowest BCUT2D eigenvalue weighted by Gasteiger charge is -2.04. The van der Waals surface area contributed by atoms with Gasteiger partial charge >= 0.3 is 0 Å². The molecular formula is C14H12FN3S. The van der Waals surface area contributed by atoms with Crippen LogP contribution in [-0.2, 0) is 6.54 Å². The van der Waals surface area contributed by atoms with Gasteiger partial charge in [0.25, 0.3) is 0 Å². The topological polar surface area (TPSA) is 33.6 Å². The highest BCUT2D eigenvalue weighted by atomic mass is 32.1. The first-order valence-electron chi connectivity index (χ1n) is 5.94. The van der Waals surface area contributed by atoms with Crippen LogP contribution in [0.4, 0.5) is 4.39 Å². The van der Waals surface area contributed by atoms with E-state index in [1.807, 2.05) is 23.6 Å². The summed E-state index contributed by atoms with van der Waals surface area (Å²) in [5.41, 5.74) is 3.69. The van der Waals surface area contributed by atoms with Gasteiger partial charge in [-0.25, -0.2) is 9.37 Å². The quantitative estimate of drug-likeness (QED) is 0.724. The molecule has 2 heterocycles. The Labute approximate surface area is 114 Å². The number of nitrogens with one attached hydrogen (secondary N) is 1. The SMILES string of the molecule is Cc1ccnc2c1[nH]c(=S)n2Cc1cccc(F)c1. The molecule has 0 radical (unpaired) electrons. The van der Waals surface area contributed by atoms with Crippen LogP contribution in [0.2, 0.25) is 0 Å². The van der Waals surface area contributed by atoms with Gasteiger partial charge in [-0.15, -0.1) is 0 Å². The second-order valence-electron chi connectivity index (χ2n) is 4.47. The third kappa shape index (κ3) is 2.17. The number of halogens is 1. The molecule has 0 saturated carbocycles. The number of aryl methyl sites for hydroxylation is 1. The Kier molecular flexibility index (Phi) is 2.91. The molecule has 1 N–H and O–H groups in total. The number of pyridine rings is 1. The minimum atomic E-state index is -0.243. The van der Waals surface area contributed by atoms with Crippen molar-refractivity contribution in [2.24, 2.45) is 0 Å². The number of nitrogens with zero attached hydrogens (tertiary/aromatic N) is 2. The molecule has 0 saturated heterocycles. The summed E-state index contributed by atoms with van der Waals surface area (Å²) in [4.78, 5) is 7.50. The third-order valence-electron chi connectivity index (χ3n) is 3.10. The van der Waals surface area contributed by atoms with E-state index in [2.05, 4.69) is 9.97 Å². The van der Waals surface area contributed by atoms with Gasteiger partial charge in [-0.2, -0.15) is 0 Å². The zero-order valence-corrected chi connectivity index (χ0v) is 11.2. The van der Waals surface area contributed by atoms with Crippen LogP contribution in [0.25, 0.3) is 11.2 Å².